The van der Waals surface area contributed by atoms with Crippen LogP contribution in [0.5, 0.6) is 0 Å². The first-order chi connectivity index (χ1) is 12.5. The molecule has 1 aliphatic rings. The second-order valence-electron chi connectivity index (χ2n) is 6.13. The summed E-state index contributed by atoms with van der Waals surface area (Å²) in [7, 11) is -3.20. The van der Waals surface area contributed by atoms with Gasteiger partial charge >= 0.3 is 0 Å². The first kappa shape index (κ1) is 18.4. The molecule has 2 aromatic carbocycles. The number of carbonyl (C=O) groups excluding carboxylic acids is 1. The number of amides is 1. The van der Waals surface area contributed by atoms with E-state index in [4.69, 9.17) is 0 Å². The van der Waals surface area contributed by atoms with Crippen LogP contribution in [0.15, 0.2) is 54.6 Å². The van der Waals surface area contributed by atoms with Crippen LogP contribution in [0.25, 0.3) is 0 Å². The van der Waals surface area contributed by atoms with Gasteiger partial charge in [0.15, 0.2) is 0 Å². The fourth-order valence-electron chi connectivity index (χ4n) is 2.98. The zero-order chi connectivity index (χ0) is 18.6. The third kappa shape index (κ3) is 4.05. The van der Waals surface area contributed by atoms with Crippen molar-refractivity contribution in [2.75, 3.05) is 37.2 Å². The first-order valence-electron chi connectivity index (χ1n) is 8.69. The van der Waals surface area contributed by atoms with Crippen LogP contribution in [-0.2, 0) is 10.0 Å². The van der Waals surface area contributed by atoms with E-state index in [0.29, 0.717) is 31.7 Å². The second-order valence-corrected chi connectivity index (χ2v) is 8.39. The van der Waals surface area contributed by atoms with E-state index in [1.807, 2.05) is 48.5 Å². The van der Waals surface area contributed by atoms with Gasteiger partial charge in [0.25, 0.3) is 5.91 Å². The van der Waals surface area contributed by atoms with Crippen molar-refractivity contribution in [3.05, 3.63) is 60.2 Å². The number of carbonyl (C=O) groups is 1. The predicted octanol–water partition coefficient (Wildman–Crippen LogP) is 2.54. The zero-order valence-corrected chi connectivity index (χ0v) is 15.6. The molecule has 0 saturated carbocycles. The number of benzene rings is 2. The lowest BCUT2D eigenvalue weighted by Gasteiger charge is -2.34. The summed E-state index contributed by atoms with van der Waals surface area (Å²) in [5, 5.41) is 3.28. The van der Waals surface area contributed by atoms with E-state index >= 15 is 0 Å². The summed E-state index contributed by atoms with van der Waals surface area (Å²) < 4.78 is 25.4. The summed E-state index contributed by atoms with van der Waals surface area (Å²) in [5.74, 6) is 0.00249. The van der Waals surface area contributed by atoms with Crippen LogP contribution in [0.3, 0.4) is 0 Å². The Labute approximate surface area is 154 Å². The minimum absolute atomic E-state index is 0.0856. The Kier molecular flexibility index (Phi) is 5.58. The number of hydrogen-bond donors (Lipinski definition) is 1. The first-order valence-corrected chi connectivity index (χ1v) is 10.3. The van der Waals surface area contributed by atoms with E-state index in [2.05, 4.69) is 5.32 Å². The van der Waals surface area contributed by atoms with Gasteiger partial charge in [0.1, 0.15) is 0 Å². The summed E-state index contributed by atoms with van der Waals surface area (Å²) in [6.07, 6.45) is 0. The number of hydrogen-bond acceptors (Lipinski definition) is 4. The highest BCUT2D eigenvalue weighted by Crippen LogP contribution is 2.23. The summed E-state index contributed by atoms with van der Waals surface area (Å²) in [4.78, 5) is 14.7. The lowest BCUT2D eigenvalue weighted by molar-refractivity contribution is 0.0699. The van der Waals surface area contributed by atoms with Crippen molar-refractivity contribution in [3.8, 4) is 0 Å². The van der Waals surface area contributed by atoms with Gasteiger partial charge in [-0.1, -0.05) is 30.3 Å². The molecule has 0 unspecified atom stereocenters. The van der Waals surface area contributed by atoms with E-state index in [9.17, 15) is 13.2 Å². The molecule has 7 heteroatoms. The normalized spacial score (nSPS) is 15.7. The van der Waals surface area contributed by atoms with Gasteiger partial charge in [-0.05, 0) is 31.2 Å². The predicted molar refractivity (Wildman–Crippen MR) is 103 cm³/mol. The lowest BCUT2D eigenvalue weighted by atomic mass is 10.1. The summed E-state index contributed by atoms with van der Waals surface area (Å²) in [5.41, 5.74) is 2.24. The Balaban J connectivity index is 1.73. The number of nitrogens with zero attached hydrogens (tertiary/aromatic N) is 2. The average Bonchev–Trinajstić information content (AvgIpc) is 2.69. The molecule has 1 saturated heterocycles. The molecule has 0 spiro atoms. The molecule has 0 atom stereocenters. The molecular weight excluding hydrogens is 350 g/mol. The maximum atomic E-state index is 13.0. The molecule has 2 aromatic rings. The molecule has 1 N–H and O–H groups in total. The van der Waals surface area contributed by atoms with Crippen molar-refractivity contribution >= 4 is 27.3 Å². The summed E-state index contributed by atoms with van der Waals surface area (Å²) in [6.45, 7) is 3.13. The monoisotopic (exact) mass is 373 g/mol. The van der Waals surface area contributed by atoms with E-state index < -0.39 is 10.0 Å². The standard InChI is InChI=1S/C19H23N3O3S/c1-2-26(24,25)22-14-12-21(13-15-22)19(23)17-10-6-7-11-18(17)20-16-8-4-3-5-9-16/h3-11,20H,2,12-15H2,1H3. The third-order valence-electron chi connectivity index (χ3n) is 4.49. The molecule has 138 valence electrons. The van der Waals surface area contributed by atoms with Crippen LogP contribution in [0.4, 0.5) is 11.4 Å². The van der Waals surface area contributed by atoms with Gasteiger partial charge < -0.3 is 10.2 Å². The van der Waals surface area contributed by atoms with E-state index in [1.165, 1.54) is 4.31 Å². The quantitative estimate of drug-likeness (QED) is 0.874. The van der Waals surface area contributed by atoms with Gasteiger partial charge in [0.2, 0.25) is 10.0 Å². The van der Waals surface area contributed by atoms with Crippen molar-refractivity contribution in [3.63, 3.8) is 0 Å². The van der Waals surface area contributed by atoms with Gasteiger partial charge in [-0.25, -0.2) is 8.42 Å². The second kappa shape index (κ2) is 7.88. The summed E-state index contributed by atoms with van der Waals surface area (Å²) >= 11 is 0. The van der Waals surface area contributed by atoms with E-state index in [-0.39, 0.29) is 11.7 Å². The Morgan fingerprint density at radius 1 is 0.962 bits per heavy atom. The molecule has 6 nitrogen and oxygen atoms in total. The number of nitrogens with one attached hydrogen (secondary N) is 1. The number of piperazine rings is 1. The number of anilines is 2. The van der Waals surface area contributed by atoms with Gasteiger partial charge in [-0.3, -0.25) is 4.79 Å². The van der Waals surface area contributed by atoms with Crippen LogP contribution in [0, 0.1) is 0 Å². The molecule has 26 heavy (non-hydrogen) atoms. The Morgan fingerprint density at radius 2 is 1.58 bits per heavy atom. The fourth-order valence-corrected chi connectivity index (χ4v) is 4.06. The molecule has 1 heterocycles. The molecule has 0 radical (unpaired) electrons. The molecule has 1 aliphatic heterocycles. The fraction of sp³-hybridized carbons (Fsp3) is 0.316. The molecule has 3 rings (SSSR count). The number of para-hydroxylation sites is 2. The largest absolute Gasteiger partial charge is 0.355 e. The van der Waals surface area contributed by atoms with Gasteiger partial charge in [0.05, 0.1) is 17.0 Å². The maximum Gasteiger partial charge on any atom is 0.256 e. The van der Waals surface area contributed by atoms with E-state index in [1.54, 1.807) is 17.9 Å². The highest BCUT2D eigenvalue weighted by atomic mass is 32.2. The van der Waals surface area contributed by atoms with Crippen molar-refractivity contribution in [1.29, 1.82) is 0 Å². The molecular formula is C19H23N3O3S. The smallest absolute Gasteiger partial charge is 0.256 e. The third-order valence-corrected chi connectivity index (χ3v) is 6.38. The van der Waals surface area contributed by atoms with Crippen LogP contribution < -0.4 is 5.32 Å². The van der Waals surface area contributed by atoms with Crippen molar-refractivity contribution in [2.45, 2.75) is 6.92 Å². The van der Waals surface area contributed by atoms with Crippen LogP contribution in [0.2, 0.25) is 0 Å². The topological polar surface area (TPSA) is 69.7 Å². The van der Waals surface area contributed by atoms with Crippen molar-refractivity contribution in [1.82, 2.24) is 9.21 Å². The minimum atomic E-state index is -3.20. The molecule has 0 aliphatic carbocycles. The molecule has 1 amide bonds. The number of rotatable bonds is 5. The number of sulfonamides is 1. The minimum Gasteiger partial charge on any atom is -0.355 e. The molecule has 1 fully saturated rings. The highest BCUT2D eigenvalue weighted by Gasteiger charge is 2.28. The average molecular weight is 373 g/mol. The zero-order valence-electron chi connectivity index (χ0n) is 14.8. The SMILES string of the molecule is CCS(=O)(=O)N1CCN(C(=O)c2ccccc2Nc2ccccc2)CC1. The van der Waals surface area contributed by atoms with Gasteiger partial charge in [0, 0.05) is 31.9 Å². The summed E-state index contributed by atoms with van der Waals surface area (Å²) in [6, 6.07) is 17.1. The molecule has 0 aromatic heterocycles. The van der Waals surface area contributed by atoms with Crippen LogP contribution in [-0.4, -0.2) is 55.5 Å². The van der Waals surface area contributed by atoms with Gasteiger partial charge in [-0.2, -0.15) is 4.31 Å². The van der Waals surface area contributed by atoms with Crippen molar-refractivity contribution < 1.29 is 13.2 Å². The highest BCUT2D eigenvalue weighted by molar-refractivity contribution is 7.89. The lowest BCUT2D eigenvalue weighted by Crippen LogP contribution is -2.50. The Bertz CT molecular complexity index is 861. The van der Waals surface area contributed by atoms with Gasteiger partial charge in [-0.15, -0.1) is 0 Å². The van der Waals surface area contributed by atoms with Crippen LogP contribution >= 0.6 is 0 Å². The molecule has 0 bridgehead atoms. The Hall–Kier alpha value is -2.38. The maximum absolute atomic E-state index is 13.0. The Morgan fingerprint density at radius 3 is 2.23 bits per heavy atom. The van der Waals surface area contributed by atoms with Crippen LogP contribution in [0.1, 0.15) is 17.3 Å². The van der Waals surface area contributed by atoms with Crippen molar-refractivity contribution in [2.24, 2.45) is 0 Å². The van der Waals surface area contributed by atoms with E-state index in [0.717, 1.165) is 11.4 Å².